The van der Waals surface area contributed by atoms with Gasteiger partial charge in [-0.05, 0) is 42.8 Å². The maximum atomic E-state index is 12.3. The van der Waals surface area contributed by atoms with Crippen LogP contribution >= 0.6 is 23.1 Å². The van der Waals surface area contributed by atoms with E-state index in [4.69, 9.17) is 0 Å². The number of carbonyl (C=O) groups excluding carboxylic acids is 1. The topological polar surface area (TPSA) is 112 Å². The molecule has 1 saturated carbocycles. The highest BCUT2D eigenvalue weighted by atomic mass is 32.2. The van der Waals surface area contributed by atoms with Crippen LogP contribution in [0.5, 0.6) is 0 Å². The molecule has 0 radical (unpaired) electrons. The number of amidine groups is 1. The van der Waals surface area contributed by atoms with Gasteiger partial charge in [-0.15, -0.1) is 11.3 Å². The third-order valence-electron chi connectivity index (χ3n) is 5.71. The fraction of sp³-hybridized carbons (Fsp3) is 0.381. The fourth-order valence-electron chi connectivity index (χ4n) is 3.43. The van der Waals surface area contributed by atoms with Gasteiger partial charge in [0, 0.05) is 30.0 Å². The molecule has 0 atom stereocenters. The van der Waals surface area contributed by atoms with Crippen LogP contribution in [0.25, 0.3) is 16.6 Å². The Labute approximate surface area is 195 Å². The van der Waals surface area contributed by atoms with E-state index >= 15 is 0 Å². The molecule has 2 N–H and O–H groups in total. The van der Waals surface area contributed by atoms with Gasteiger partial charge in [-0.25, -0.2) is 13.4 Å². The van der Waals surface area contributed by atoms with Gasteiger partial charge < -0.3 is 10.4 Å². The van der Waals surface area contributed by atoms with E-state index in [9.17, 15) is 18.3 Å². The first-order valence-electron chi connectivity index (χ1n) is 10.1. The van der Waals surface area contributed by atoms with Gasteiger partial charge in [0.1, 0.15) is 5.01 Å². The van der Waals surface area contributed by atoms with Crippen LogP contribution in [0.2, 0.25) is 0 Å². The summed E-state index contributed by atoms with van der Waals surface area (Å²) < 4.78 is 24.9. The molecule has 1 amide bonds. The third kappa shape index (κ3) is 4.90. The van der Waals surface area contributed by atoms with Crippen LogP contribution in [0.4, 0.5) is 5.69 Å². The number of hydrogen-bond acceptors (Lipinski definition) is 8. The lowest BCUT2D eigenvalue weighted by Crippen LogP contribution is -2.37. The van der Waals surface area contributed by atoms with Gasteiger partial charge in [0.2, 0.25) is 10.0 Å². The van der Waals surface area contributed by atoms with Crippen LogP contribution in [0, 0.1) is 5.41 Å². The zero-order valence-corrected chi connectivity index (χ0v) is 20.2. The minimum atomic E-state index is -3.36. The number of aliphatic hydroxyl groups is 1. The Hall–Kier alpha value is -2.21. The highest BCUT2D eigenvalue weighted by molar-refractivity contribution is 8.18. The SMILES string of the molecule is CN(c1cccc(-c2nc(/C=C3/SC(=NCC4(CO)CCC4)NC3=O)cs2)c1)S(C)(=O)=O. The van der Waals surface area contributed by atoms with E-state index in [-0.39, 0.29) is 17.9 Å². The van der Waals surface area contributed by atoms with E-state index in [2.05, 4.69) is 15.3 Å². The number of amides is 1. The van der Waals surface area contributed by atoms with E-state index < -0.39 is 10.0 Å². The molecule has 2 heterocycles. The third-order valence-corrected chi connectivity index (χ3v) is 8.78. The molecule has 170 valence electrons. The molecule has 8 nitrogen and oxygen atoms in total. The number of thiazole rings is 1. The summed E-state index contributed by atoms with van der Waals surface area (Å²) in [5.41, 5.74) is 1.87. The second-order valence-electron chi connectivity index (χ2n) is 8.06. The average molecular weight is 493 g/mol. The summed E-state index contributed by atoms with van der Waals surface area (Å²) in [7, 11) is -1.85. The first-order valence-corrected chi connectivity index (χ1v) is 13.6. The molecular formula is C21H24N4O4S3. The van der Waals surface area contributed by atoms with Crippen LogP contribution < -0.4 is 9.62 Å². The second-order valence-corrected chi connectivity index (χ2v) is 12.0. The van der Waals surface area contributed by atoms with Crippen molar-refractivity contribution in [1.82, 2.24) is 10.3 Å². The van der Waals surface area contributed by atoms with E-state index in [1.54, 1.807) is 24.3 Å². The zero-order chi connectivity index (χ0) is 22.9. The van der Waals surface area contributed by atoms with E-state index in [0.717, 1.165) is 36.1 Å². The predicted octanol–water partition coefficient (Wildman–Crippen LogP) is 2.93. The quantitative estimate of drug-likeness (QED) is 0.575. The Morgan fingerprint density at radius 3 is 2.81 bits per heavy atom. The number of thioether (sulfide) groups is 1. The van der Waals surface area contributed by atoms with Gasteiger partial charge in [-0.2, -0.15) is 0 Å². The molecule has 1 aliphatic heterocycles. The van der Waals surface area contributed by atoms with E-state index in [1.807, 2.05) is 11.4 Å². The van der Waals surface area contributed by atoms with Crippen molar-refractivity contribution in [1.29, 1.82) is 0 Å². The number of nitrogens with zero attached hydrogens (tertiary/aromatic N) is 3. The lowest BCUT2D eigenvalue weighted by Gasteiger charge is -2.38. The second kappa shape index (κ2) is 8.97. The molecular weight excluding hydrogens is 468 g/mol. The summed E-state index contributed by atoms with van der Waals surface area (Å²) in [5, 5.41) is 15.5. The van der Waals surface area contributed by atoms with Crippen molar-refractivity contribution in [3.05, 3.63) is 40.2 Å². The number of aliphatic imine (C=N–C) groups is 1. The molecule has 2 aromatic rings. The smallest absolute Gasteiger partial charge is 0.264 e. The van der Waals surface area contributed by atoms with Crippen molar-refractivity contribution in [2.24, 2.45) is 10.4 Å². The molecule has 0 bridgehead atoms. The molecule has 2 aliphatic rings. The highest BCUT2D eigenvalue weighted by Gasteiger charge is 2.36. The number of anilines is 1. The largest absolute Gasteiger partial charge is 0.396 e. The van der Waals surface area contributed by atoms with Gasteiger partial charge in [-0.3, -0.25) is 14.1 Å². The van der Waals surface area contributed by atoms with Crippen LogP contribution in [0.15, 0.2) is 39.5 Å². The number of benzene rings is 1. The van der Waals surface area contributed by atoms with Crippen LogP contribution in [-0.4, -0.2) is 56.0 Å². The van der Waals surface area contributed by atoms with Gasteiger partial charge >= 0.3 is 0 Å². The Kier molecular flexibility index (Phi) is 6.44. The van der Waals surface area contributed by atoms with Crippen molar-refractivity contribution in [2.75, 3.05) is 30.8 Å². The highest BCUT2D eigenvalue weighted by Crippen LogP contribution is 2.41. The van der Waals surface area contributed by atoms with Gasteiger partial charge in [0.25, 0.3) is 5.91 Å². The van der Waals surface area contributed by atoms with E-state index in [1.165, 1.54) is 34.5 Å². The Bertz CT molecular complexity index is 1190. The summed E-state index contributed by atoms with van der Waals surface area (Å²) in [5.74, 6) is -0.216. The number of carbonyl (C=O) groups is 1. The van der Waals surface area contributed by atoms with Crippen molar-refractivity contribution < 1.29 is 18.3 Å². The number of sulfonamides is 1. The first kappa shape index (κ1) is 23.0. The molecule has 1 saturated heterocycles. The minimum Gasteiger partial charge on any atom is -0.396 e. The number of hydrogen-bond donors (Lipinski definition) is 2. The van der Waals surface area contributed by atoms with Crippen molar-refractivity contribution in [2.45, 2.75) is 19.3 Å². The molecule has 0 unspecified atom stereocenters. The fourth-order valence-corrected chi connectivity index (χ4v) is 5.51. The van der Waals surface area contributed by atoms with Crippen LogP contribution in [0.1, 0.15) is 25.0 Å². The molecule has 32 heavy (non-hydrogen) atoms. The van der Waals surface area contributed by atoms with Gasteiger partial charge in [0.15, 0.2) is 5.17 Å². The molecule has 0 spiro atoms. The minimum absolute atomic E-state index is 0.119. The number of aromatic nitrogens is 1. The number of rotatable bonds is 7. The average Bonchev–Trinajstić information content (AvgIpc) is 3.33. The predicted molar refractivity (Wildman–Crippen MR) is 130 cm³/mol. The molecule has 1 aliphatic carbocycles. The van der Waals surface area contributed by atoms with Gasteiger partial charge in [-0.1, -0.05) is 18.6 Å². The Balaban J connectivity index is 1.49. The summed E-state index contributed by atoms with van der Waals surface area (Å²) >= 11 is 2.69. The standard InChI is InChI=1S/C21H24N4O4S3/c1-25(32(2,28)29)16-6-3-5-14(9-16)19-23-15(11-30-19)10-17-18(27)24-20(31-17)22-12-21(13-26)7-4-8-21/h3,5-6,9-11,26H,4,7-8,12-13H2,1-2H3,(H,22,24,27)/b17-10+. The maximum Gasteiger partial charge on any atom is 0.264 e. The molecule has 1 aromatic carbocycles. The first-order chi connectivity index (χ1) is 15.2. The summed E-state index contributed by atoms with van der Waals surface area (Å²) in [6.07, 6.45) is 5.91. The van der Waals surface area contributed by atoms with Gasteiger partial charge in [0.05, 0.1) is 29.1 Å². The molecule has 1 aromatic heterocycles. The maximum absolute atomic E-state index is 12.3. The Morgan fingerprint density at radius 1 is 1.38 bits per heavy atom. The van der Waals surface area contributed by atoms with Crippen LogP contribution in [0.3, 0.4) is 0 Å². The molecule has 2 fully saturated rings. The molecule has 4 rings (SSSR count). The normalized spacial score (nSPS) is 20.4. The van der Waals surface area contributed by atoms with Crippen LogP contribution in [-0.2, 0) is 14.8 Å². The van der Waals surface area contributed by atoms with Crippen molar-refractivity contribution in [3.8, 4) is 10.6 Å². The summed E-state index contributed by atoms with van der Waals surface area (Å²) in [6.45, 7) is 0.631. The summed E-state index contributed by atoms with van der Waals surface area (Å²) in [6, 6.07) is 7.16. The Morgan fingerprint density at radius 2 is 2.16 bits per heavy atom. The summed E-state index contributed by atoms with van der Waals surface area (Å²) in [4.78, 5) is 22.0. The lowest BCUT2D eigenvalue weighted by molar-refractivity contribution is -0.115. The lowest BCUT2D eigenvalue weighted by atomic mass is 9.69. The zero-order valence-electron chi connectivity index (χ0n) is 17.7. The monoisotopic (exact) mass is 492 g/mol. The van der Waals surface area contributed by atoms with Crippen molar-refractivity contribution >= 4 is 56.0 Å². The van der Waals surface area contributed by atoms with Crippen molar-refractivity contribution in [3.63, 3.8) is 0 Å². The number of nitrogens with one attached hydrogen (secondary N) is 1. The molecule has 11 heteroatoms. The van der Waals surface area contributed by atoms with E-state index in [0.29, 0.717) is 28.0 Å². The number of aliphatic hydroxyl groups excluding tert-OH is 1.